The second-order valence-corrected chi connectivity index (χ2v) is 10.7. The van der Waals surface area contributed by atoms with Crippen LogP contribution in [-0.4, -0.2) is 20.7 Å². The topological polar surface area (TPSA) is 26.3 Å². The van der Waals surface area contributed by atoms with Gasteiger partial charge < -0.3 is 9.22 Å². The van der Waals surface area contributed by atoms with Crippen LogP contribution in [0.4, 0.5) is 0 Å². The molecule has 0 saturated carbocycles. The third-order valence-corrected chi connectivity index (χ3v) is 7.96. The zero-order chi connectivity index (χ0) is 13.0. The molecule has 0 aromatic rings. The number of carbonyl (C=O) groups is 1. The summed E-state index contributed by atoms with van der Waals surface area (Å²) < 4.78 is 6.23. The van der Waals surface area contributed by atoms with Crippen LogP contribution in [-0.2, 0) is 9.22 Å². The number of hydrogen-bond acceptors (Lipinski definition) is 2. The summed E-state index contributed by atoms with van der Waals surface area (Å²) in [4.78, 5) is 10.9. The first-order valence-corrected chi connectivity index (χ1v) is 8.80. The molecule has 0 spiro atoms. The van der Waals surface area contributed by atoms with Crippen molar-refractivity contribution in [3.05, 3.63) is 12.7 Å². The first-order chi connectivity index (χ1) is 7.15. The van der Waals surface area contributed by atoms with Gasteiger partial charge in [-0.15, -0.1) is 6.58 Å². The number of aldehydes is 1. The Morgan fingerprint density at radius 2 is 1.88 bits per heavy atom. The minimum Gasteiger partial charge on any atom is -0.413 e. The molecular weight excluding hydrogens is 216 g/mol. The van der Waals surface area contributed by atoms with Crippen LogP contribution in [0.5, 0.6) is 0 Å². The van der Waals surface area contributed by atoms with E-state index < -0.39 is 8.32 Å². The second kappa shape index (κ2) is 5.78. The van der Waals surface area contributed by atoms with Crippen molar-refractivity contribution >= 4 is 14.6 Å². The van der Waals surface area contributed by atoms with Crippen molar-refractivity contribution in [1.82, 2.24) is 0 Å². The fraction of sp³-hybridized carbons (Fsp3) is 0.769. The minimum absolute atomic E-state index is 0.0177. The maximum Gasteiger partial charge on any atom is 0.192 e. The first kappa shape index (κ1) is 15.6. The molecule has 0 rings (SSSR count). The summed E-state index contributed by atoms with van der Waals surface area (Å²) in [5, 5.41) is 0.176. The van der Waals surface area contributed by atoms with Crippen LogP contribution < -0.4 is 0 Å². The van der Waals surface area contributed by atoms with Gasteiger partial charge in [0.2, 0.25) is 0 Å². The van der Waals surface area contributed by atoms with Gasteiger partial charge in [0.15, 0.2) is 8.32 Å². The highest BCUT2D eigenvalue weighted by Gasteiger charge is 2.39. The molecule has 0 fully saturated rings. The molecule has 0 aliphatic rings. The summed E-state index contributed by atoms with van der Waals surface area (Å²) in [6, 6.07) is 0. The van der Waals surface area contributed by atoms with E-state index in [1.54, 1.807) is 0 Å². The van der Waals surface area contributed by atoms with Gasteiger partial charge in [0.05, 0.1) is 6.10 Å². The molecule has 0 aliphatic carbocycles. The Morgan fingerprint density at radius 3 is 2.19 bits per heavy atom. The number of rotatable bonds is 6. The molecule has 0 radical (unpaired) electrons. The molecule has 0 aliphatic heterocycles. The summed E-state index contributed by atoms with van der Waals surface area (Å²) in [5.74, 6) is -0.0628. The van der Waals surface area contributed by atoms with Crippen molar-refractivity contribution in [3.63, 3.8) is 0 Å². The van der Waals surface area contributed by atoms with Gasteiger partial charge in [-0.2, -0.15) is 0 Å². The van der Waals surface area contributed by atoms with E-state index in [9.17, 15) is 4.79 Å². The van der Waals surface area contributed by atoms with Crippen LogP contribution in [0.3, 0.4) is 0 Å². The lowest BCUT2D eigenvalue weighted by Crippen LogP contribution is -2.45. The highest BCUT2D eigenvalue weighted by Crippen LogP contribution is 2.38. The maximum absolute atomic E-state index is 10.9. The van der Waals surface area contributed by atoms with Crippen LogP contribution in [0.25, 0.3) is 0 Å². The number of hydrogen-bond donors (Lipinski definition) is 0. The van der Waals surface area contributed by atoms with Gasteiger partial charge in [-0.25, -0.2) is 0 Å². The Morgan fingerprint density at radius 1 is 1.38 bits per heavy atom. The molecule has 0 saturated heterocycles. The van der Waals surface area contributed by atoms with E-state index in [2.05, 4.69) is 40.4 Å². The standard InChI is InChI=1S/C13H26O2Si/c1-8-9-12(11(2)10-14)15-16(6,7)13(3,4)5/h8,10-12H,1,9H2,2-7H3/t11-,12+/m1/s1. The van der Waals surface area contributed by atoms with Crippen LogP contribution in [0.15, 0.2) is 12.7 Å². The van der Waals surface area contributed by atoms with E-state index in [1.807, 2.05) is 13.0 Å². The molecule has 0 unspecified atom stereocenters. The van der Waals surface area contributed by atoms with Gasteiger partial charge in [-0.05, 0) is 24.6 Å². The van der Waals surface area contributed by atoms with Crippen molar-refractivity contribution < 1.29 is 9.22 Å². The van der Waals surface area contributed by atoms with Gasteiger partial charge in [-0.3, -0.25) is 0 Å². The molecule has 0 N–H and O–H groups in total. The first-order valence-electron chi connectivity index (χ1n) is 5.89. The molecule has 2 nitrogen and oxygen atoms in total. The average molecular weight is 242 g/mol. The van der Waals surface area contributed by atoms with E-state index >= 15 is 0 Å². The van der Waals surface area contributed by atoms with Crippen LogP contribution in [0.2, 0.25) is 18.1 Å². The van der Waals surface area contributed by atoms with Crippen molar-refractivity contribution in [2.24, 2.45) is 5.92 Å². The van der Waals surface area contributed by atoms with E-state index in [-0.39, 0.29) is 17.1 Å². The SMILES string of the molecule is C=CC[C@H](O[Si](C)(C)C(C)(C)C)[C@H](C)C=O. The van der Waals surface area contributed by atoms with Crippen molar-refractivity contribution in [3.8, 4) is 0 Å². The summed E-state index contributed by atoms with van der Waals surface area (Å²) in [7, 11) is -1.79. The molecule has 0 amide bonds. The van der Waals surface area contributed by atoms with E-state index in [1.165, 1.54) is 0 Å². The molecule has 3 heteroatoms. The molecule has 94 valence electrons. The van der Waals surface area contributed by atoms with Gasteiger partial charge in [0.1, 0.15) is 6.29 Å². The lowest BCUT2D eigenvalue weighted by molar-refractivity contribution is -0.113. The smallest absolute Gasteiger partial charge is 0.192 e. The van der Waals surface area contributed by atoms with Gasteiger partial charge in [-0.1, -0.05) is 33.8 Å². The Bertz CT molecular complexity index is 241. The zero-order valence-corrected chi connectivity index (χ0v) is 12.5. The Hall–Kier alpha value is -0.413. The van der Waals surface area contributed by atoms with Crippen molar-refractivity contribution in [2.45, 2.75) is 58.4 Å². The predicted molar refractivity (Wildman–Crippen MR) is 72.1 cm³/mol. The normalized spacial score (nSPS) is 16.6. The minimum atomic E-state index is -1.79. The molecule has 0 aromatic heterocycles. The molecule has 2 atom stereocenters. The van der Waals surface area contributed by atoms with Crippen LogP contribution >= 0.6 is 0 Å². The number of carbonyl (C=O) groups excluding carboxylic acids is 1. The second-order valence-electron chi connectivity index (χ2n) is 5.94. The Labute approximate surface area is 101 Å². The van der Waals surface area contributed by atoms with E-state index in [0.717, 1.165) is 12.7 Å². The molecular formula is C13H26O2Si. The third kappa shape index (κ3) is 4.22. The molecule has 16 heavy (non-hydrogen) atoms. The third-order valence-electron chi connectivity index (χ3n) is 3.45. The van der Waals surface area contributed by atoms with Crippen LogP contribution in [0, 0.1) is 5.92 Å². The summed E-state index contributed by atoms with van der Waals surface area (Å²) in [5.41, 5.74) is 0. The fourth-order valence-corrected chi connectivity index (χ4v) is 2.60. The average Bonchev–Trinajstić information content (AvgIpc) is 2.14. The predicted octanol–water partition coefficient (Wildman–Crippen LogP) is 3.79. The van der Waals surface area contributed by atoms with Gasteiger partial charge in [0.25, 0.3) is 0 Å². The zero-order valence-electron chi connectivity index (χ0n) is 11.5. The van der Waals surface area contributed by atoms with Crippen LogP contribution in [0.1, 0.15) is 34.1 Å². The fourth-order valence-electron chi connectivity index (χ4n) is 1.18. The quantitative estimate of drug-likeness (QED) is 0.402. The van der Waals surface area contributed by atoms with E-state index in [0.29, 0.717) is 0 Å². The maximum atomic E-state index is 10.9. The van der Waals surface area contributed by atoms with Gasteiger partial charge in [0, 0.05) is 5.92 Å². The monoisotopic (exact) mass is 242 g/mol. The van der Waals surface area contributed by atoms with Crippen molar-refractivity contribution in [1.29, 1.82) is 0 Å². The summed E-state index contributed by atoms with van der Waals surface area (Å²) >= 11 is 0. The Kier molecular flexibility index (Phi) is 5.63. The largest absolute Gasteiger partial charge is 0.413 e. The molecule has 0 bridgehead atoms. The lowest BCUT2D eigenvalue weighted by Gasteiger charge is -2.40. The molecule has 0 aromatic carbocycles. The molecule has 0 heterocycles. The van der Waals surface area contributed by atoms with Gasteiger partial charge >= 0.3 is 0 Å². The van der Waals surface area contributed by atoms with E-state index in [4.69, 9.17) is 4.43 Å². The van der Waals surface area contributed by atoms with Crippen molar-refractivity contribution in [2.75, 3.05) is 0 Å². The highest BCUT2D eigenvalue weighted by molar-refractivity contribution is 6.74. The lowest BCUT2D eigenvalue weighted by atomic mass is 10.0. The summed E-state index contributed by atoms with van der Waals surface area (Å²) in [6.45, 7) is 16.7. The Balaban J connectivity index is 4.74. The highest BCUT2D eigenvalue weighted by atomic mass is 28.4. The summed E-state index contributed by atoms with van der Waals surface area (Å²) in [6.07, 6.45) is 3.53.